The summed E-state index contributed by atoms with van der Waals surface area (Å²) in [6.07, 6.45) is 4.54. The van der Waals surface area contributed by atoms with E-state index in [1.165, 1.54) is 0 Å². The second-order valence-corrected chi connectivity index (χ2v) is 6.82. The molecule has 5 heteroatoms. The average Bonchev–Trinajstić information content (AvgIpc) is 2.62. The lowest BCUT2D eigenvalue weighted by Crippen LogP contribution is -2.07. The first-order chi connectivity index (χ1) is 12.3. The van der Waals surface area contributed by atoms with Crippen LogP contribution in [0.3, 0.4) is 0 Å². The lowest BCUT2D eigenvalue weighted by atomic mass is 10.1. The second-order valence-electron chi connectivity index (χ2n) is 5.96. The van der Waals surface area contributed by atoms with Gasteiger partial charge in [-0.15, -0.1) is 0 Å². The molecular formula is C20H33BrO4. The van der Waals surface area contributed by atoms with Gasteiger partial charge in [-0.25, -0.2) is 0 Å². The van der Waals surface area contributed by atoms with Gasteiger partial charge in [0.15, 0.2) is 0 Å². The summed E-state index contributed by atoms with van der Waals surface area (Å²) >= 11 is 3.58. The van der Waals surface area contributed by atoms with Crippen LogP contribution in [0.4, 0.5) is 0 Å². The summed E-state index contributed by atoms with van der Waals surface area (Å²) in [5.41, 5.74) is 2.28. The van der Waals surface area contributed by atoms with Gasteiger partial charge in [-0.3, -0.25) is 0 Å². The third-order valence-electron chi connectivity index (χ3n) is 3.66. The van der Waals surface area contributed by atoms with Gasteiger partial charge in [0.05, 0.1) is 39.6 Å². The van der Waals surface area contributed by atoms with Crippen LogP contribution in [-0.2, 0) is 32.2 Å². The van der Waals surface area contributed by atoms with Gasteiger partial charge in [-0.05, 0) is 30.0 Å². The van der Waals surface area contributed by atoms with Crippen LogP contribution < -0.4 is 0 Å². The van der Waals surface area contributed by atoms with E-state index in [0.29, 0.717) is 39.6 Å². The van der Waals surface area contributed by atoms with Crippen LogP contribution in [0.15, 0.2) is 22.7 Å². The quantitative estimate of drug-likeness (QED) is 0.350. The van der Waals surface area contributed by atoms with Crippen molar-refractivity contribution < 1.29 is 18.9 Å². The standard InChI is InChI=1S/C20H33BrO4/c1-3-5-9-22-11-13-24-16-18-7-8-20(21)19(15-18)17-25-14-12-23-10-6-4-2/h7-8,15H,3-6,9-14,16-17H2,1-2H3. The summed E-state index contributed by atoms with van der Waals surface area (Å²) in [4.78, 5) is 0. The first kappa shape index (κ1) is 22.6. The van der Waals surface area contributed by atoms with E-state index in [1.54, 1.807) is 0 Å². The molecule has 0 spiro atoms. The zero-order valence-electron chi connectivity index (χ0n) is 15.7. The molecule has 0 fully saturated rings. The minimum Gasteiger partial charge on any atom is -0.379 e. The molecule has 1 aromatic rings. The normalized spacial score (nSPS) is 11.2. The van der Waals surface area contributed by atoms with Crippen LogP contribution in [0.2, 0.25) is 0 Å². The molecule has 1 rings (SSSR count). The van der Waals surface area contributed by atoms with Crippen LogP contribution in [0, 0.1) is 0 Å². The molecule has 0 saturated heterocycles. The van der Waals surface area contributed by atoms with E-state index in [2.05, 4.69) is 41.9 Å². The molecule has 0 bridgehead atoms. The molecule has 1 aromatic carbocycles. The van der Waals surface area contributed by atoms with E-state index < -0.39 is 0 Å². The molecule has 0 aliphatic heterocycles. The molecule has 0 N–H and O–H groups in total. The highest BCUT2D eigenvalue weighted by molar-refractivity contribution is 9.10. The summed E-state index contributed by atoms with van der Waals surface area (Å²) < 4.78 is 23.4. The van der Waals surface area contributed by atoms with E-state index in [0.717, 1.165) is 54.5 Å². The molecule has 4 nitrogen and oxygen atoms in total. The Morgan fingerprint density at radius 1 is 0.720 bits per heavy atom. The topological polar surface area (TPSA) is 36.9 Å². The number of rotatable bonds is 16. The smallest absolute Gasteiger partial charge is 0.0729 e. The Labute approximate surface area is 161 Å². The zero-order valence-corrected chi connectivity index (χ0v) is 17.3. The second kappa shape index (κ2) is 15.8. The molecule has 0 unspecified atom stereocenters. The minimum absolute atomic E-state index is 0.575. The molecule has 0 aromatic heterocycles. The van der Waals surface area contributed by atoms with Gasteiger partial charge in [0.2, 0.25) is 0 Å². The summed E-state index contributed by atoms with van der Waals surface area (Å²) in [7, 11) is 0. The van der Waals surface area contributed by atoms with Crippen LogP contribution in [-0.4, -0.2) is 39.6 Å². The Bertz CT molecular complexity index is 440. The number of hydrogen-bond donors (Lipinski definition) is 0. The maximum atomic E-state index is 5.70. The number of halogens is 1. The van der Waals surface area contributed by atoms with Crippen molar-refractivity contribution in [2.75, 3.05) is 39.6 Å². The van der Waals surface area contributed by atoms with Gasteiger partial charge in [0.25, 0.3) is 0 Å². The van der Waals surface area contributed by atoms with Crippen molar-refractivity contribution >= 4 is 15.9 Å². The van der Waals surface area contributed by atoms with Crippen molar-refractivity contribution in [2.24, 2.45) is 0 Å². The number of hydrogen-bond acceptors (Lipinski definition) is 4. The predicted octanol–water partition coefficient (Wildman–Crippen LogP) is 5.12. The predicted molar refractivity (Wildman–Crippen MR) is 105 cm³/mol. The van der Waals surface area contributed by atoms with Gasteiger partial charge in [-0.2, -0.15) is 0 Å². The van der Waals surface area contributed by atoms with Crippen molar-refractivity contribution in [1.29, 1.82) is 0 Å². The number of benzene rings is 1. The van der Waals surface area contributed by atoms with Gasteiger partial charge in [0, 0.05) is 17.7 Å². The minimum atomic E-state index is 0.575. The highest BCUT2D eigenvalue weighted by Gasteiger charge is 2.03. The maximum Gasteiger partial charge on any atom is 0.0729 e. The number of unbranched alkanes of at least 4 members (excludes halogenated alkanes) is 2. The van der Waals surface area contributed by atoms with Crippen molar-refractivity contribution in [1.82, 2.24) is 0 Å². The Hall–Kier alpha value is -0.460. The molecule has 0 aliphatic rings. The Morgan fingerprint density at radius 2 is 1.28 bits per heavy atom. The molecule has 144 valence electrons. The fraction of sp³-hybridized carbons (Fsp3) is 0.700. The molecule has 0 radical (unpaired) electrons. The fourth-order valence-corrected chi connectivity index (χ4v) is 2.49. The maximum absolute atomic E-state index is 5.70. The zero-order chi connectivity index (χ0) is 18.2. The molecular weight excluding hydrogens is 384 g/mol. The van der Waals surface area contributed by atoms with E-state index in [-0.39, 0.29) is 0 Å². The molecule has 0 heterocycles. The van der Waals surface area contributed by atoms with Crippen LogP contribution >= 0.6 is 15.9 Å². The van der Waals surface area contributed by atoms with E-state index in [4.69, 9.17) is 18.9 Å². The van der Waals surface area contributed by atoms with Gasteiger partial charge >= 0.3 is 0 Å². The van der Waals surface area contributed by atoms with Gasteiger partial charge < -0.3 is 18.9 Å². The SMILES string of the molecule is CCCCOCCOCc1ccc(Br)c(COCCOCCCC)c1. The van der Waals surface area contributed by atoms with Gasteiger partial charge in [0.1, 0.15) is 0 Å². The summed E-state index contributed by atoms with van der Waals surface area (Å²) in [5, 5.41) is 0. The molecule has 0 aliphatic carbocycles. The first-order valence-electron chi connectivity index (χ1n) is 9.36. The third-order valence-corrected chi connectivity index (χ3v) is 4.44. The Kier molecular flexibility index (Phi) is 14.2. The Balaban J connectivity index is 2.19. The lowest BCUT2D eigenvalue weighted by Gasteiger charge is -2.10. The van der Waals surface area contributed by atoms with Crippen molar-refractivity contribution in [2.45, 2.75) is 52.7 Å². The molecule has 0 amide bonds. The first-order valence-corrected chi connectivity index (χ1v) is 10.2. The van der Waals surface area contributed by atoms with Crippen LogP contribution in [0.1, 0.15) is 50.7 Å². The highest BCUT2D eigenvalue weighted by Crippen LogP contribution is 2.20. The van der Waals surface area contributed by atoms with Crippen LogP contribution in [0.5, 0.6) is 0 Å². The largest absolute Gasteiger partial charge is 0.379 e. The molecule has 0 atom stereocenters. The van der Waals surface area contributed by atoms with Crippen molar-refractivity contribution in [3.8, 4) is 0 Å². The van der Waals surface area contributed by atoms with Crippen LogP contribution in [0.25, 0.3) is 0 Å². The summed E-state index contributed by atoms with van der Waals surface area (Å²) in [6.45, 7) is 9.68. The monoisotopic (exact) mass is 416 g/mol. The number of ether oxygens (including phenoxy) is 4. The van der Waals surface area contributed by atoms with Crippen molar-refractivity contribution in [3.05, 3.63) is 33.8 Å². The van der Waals surface area contributed by atoms with E-state index >= 15 is 0 Å². The molecule has 0 saturated carbocycles. The Morgan fingerprint density at radius 3 is 1.88 bits per heavy atom. The third kappa shape index (κ3) is 11.7. The van der Waals surface area contributed by atoms with E-state index in [1.807, 2.05) is 6.07 Å². The molecule has 25 heavy (non-hydrogen) atoms. The summed E-state index contributed by atoms with van der Waals surface area (Å²) in [6, 6.07) is 6.24. The average molecular weight is 417 g/mol. The van der Waals surface area contributed by atoms with E-state index in [9.17, 15) is 0 Å². The van der Waals surface area contributed by atoms with Gasteiger partial charge in [-0.1, -0.05) is 54.8 Å². The van der Waals surface area contributed by atoms with Crippen molar-refractivity contribution in [3.63, 3.8) is 0 Å². The highest BCUT2D eigenvalue weighted by atomic mass is 79.9. The summed E-state index contributed by atoms with van der Waals surface area (Å²) in [5.74, 6) is 0. The lowest BCUT2D eigenvalue weighted by molar-refractivity contribution is 0.0378. The fourth-order valence-electron chi connectivity index (χ4n) is 2.13.